The zero-order chi connectivity index (χ0) is 17.5. The fourth-order valence-corrected chi connectivity index (χ4v) is 3.53. The number of guanidine groups is 1. The number of rotatable bonds is 6. The van der Waals surface area contributed by atoms with Crippen LogP contribution in [0.3, 0.4) is 0 Å². The average molecular weight is 360 g/mol. The second kappa shape index (κ2) is 8.66. The number of nitrogens with two attached hydrogens (primary N) is 1. The zero-order valence-electron chi connectivity index (χ0n) is 14.3. The van der Waals surface area contributed by atoms with Crippen LogP contribution in [0.15, 0.2) is 45.8 Å². The number of thiazole rings is 1. The maximum absolute atomic E-state index is 11.6. The molecule has 0 atom stereocenters. The molecule has 2 aromatic heterocycles. The third-order valence-corrected chi connectivity index (χ3v) is 5.11. The van der Waals surface area contributed by atoms with E-state index in [2.05, 4.69) is 19.8 Å². The van der Waals surface area contributed by atoms with E-state index in [0.29, 0.717) is 12.5 Å². The first-order valence-electron chi connectivity index (χ1n) is 8.59. The first-order valence-corrected chi connectivity index (χ1v) is 9.47. The third kappa shape index (κ3) is 4.82. The molecule has 25 heavy (non-hydrogen) atoms. The van der Waals surface area contributed by atoms with Crippen molar-refractivity contribution in [2.24, 2.45) is 10.7 Å². The van der Waals surface area contributed by atoms with Crippen LogP contribution in [0.5, 0.6) is 0 Å². The summed E-state index contributed by atoms with van der Waals surface area (Å²) in [6, 6.07) is 5.22. The van der Waals surface area contributed by atoms with Gasteiger partial charge in [0.15, 0.2) is 11.1 Å². The molecule has 8 heteroatoms. The van der Waals surface area contributed by atoms with E-state index in [1.807, 2.05) is 23.8 Å². The van der Waals surface area contributed by atoms with E-state index in [4.69, 9.17) is 5.73 Å². The molecule has 1 aliphatic rings. The molecule has 1 aliphatic heterocycles. The molecule has 1 fully saturated rings. The molecule has 0 unspecified atom stereocenters. The van der Waals surface area contributed by atoms with Gasteiger partial charge < -0.3 is 20.1 Å². The van der Waals surface area contributed by atoms with Crippen molar-refractivity contribution in [1.29, 1.82) is 0 Å². The van der Waals surface area contributed by atoms with Crippen LogP contribution < -0.4 is 16.2 Å². The predicted molar refractivity (Wildman–Crippen MR) is 102 cm³/mol. The summed E-state index contributed by atoms with van der Waals surface area (Å²) in [4.78, 5) is 24.9. The van der Waals surface area contributed by atoms with Gasteiger partial charge in [-0.25, -0.2) is 4.98 Å². The Balaban J connectivity index is 1.38. The molecule has 2 aromatic rings. The number of aliphatic imine (C=N–C) groups is 1. The number of aryl methyl sites for hydroxylation is 1. The Hall–Kier alpha value is -2.35. The van der Waals surface area contributed by atoms with Crippen molar-refractivity contribution >= 4 is 22.4 Å². The Labute approximate surface area is 151 Å². The number of piperazine rings is 1. The molecule has 0 radical (unpaired) electrons. The minimum absolute atomic E-state index is 0.0450. The molecule has 2 N–H and O–H groups in total. The number of unbranched alkanes of at least 4 members (excludes halogenated alkanes) is 1. The number of hydrogen-bond donors (Lipinski definition) is 1. The van der Waals surface area contributed by atoms with Crippen LogP contribution >= 0.6 is 11.3 Å². The minimum Gasteiger partial charge on any atom is -0.370 e. The van der Waals surface area contributed by atoms with Gasteiger partial charge in [0, 0.05) is 63.1 Å². The number of nitrogens with zero attached hydrogens (tertiary/aromatic N) is 5. The Bertz CT molecular complexity index is 734. The van der Waals surface area contributed by atoms with E-state index in [-0.39, 0.29) is 5.56 Å². The molecular weight excluding hydrogens is 336 g/mol. The second-order valence-corrected chi connectivity index (χ2v) is 6.84. The quantitative estimate of drug-likeness (QED) is 0.476. The molecule has 3 rings (SSSR count). The molecule has 0 amide bonds. The highest BCUT2D eigenvalue weighted by molar-refractivity contribution is 7.13. The van der Waals surface area contributed by atoms with Crippen LogP contribution in [0.4, 0.5) is 5.13 Å². The number of pyridine rings is 1. The fraction of sp³-hybridized carbons (Fsp3) is 0.471. The number of hydrogen-bond acceptors (Lipinski definition) is 5. The predicted octanol–water partition coefficient (Wildman–Crippen LogP) is 1.22. The van der Waals surface area contributed by atoms with E-state index in [1.54, 1.807) is 28.0 Å². The summed E-state index contributed by atoms with van der Waals surface area (Å²) >= 11 is 1.67. The SMILES string of the molecule is NC(=NCCCCn1ccccc1=O)N1CCN(c2nccs2)CC1. The van der Waals surface area contributed by atoms with Crippen molar-refractivity contribution in [1.82, 2.24) is 14.5 Å². The average Bonchev–Trinajstić information content (AvgIpc) is 3.17. The smallest absolute Gasteiger partial charge is 0.250 e. The summed E-state index contributed by atoms with van der Waals surface area (Å²) < 4.78 is 1.73. The molecule has 134 valence electrons. The second-order valence-electron chi connectivity index (χ2n) is 5.97. The van der Waals surface area contributed by atoms with E-state index >= 15 is 0 Å². The Morgan fingerprint density at radius 1 is 1.24 bits per heavy atom. The fourth-order valence-electron chi connectivity index (χ4n) is 2.83. The Morgan fingerprint density at radius 3 is 2.80 bits per heavy atom. The van der Waals surface area contributed by atoms with Crippen molar-refractivity contribution in [2.45, 2.75) is 19.4 Å². The van der Waals surface area contributed by atoms with Gasteiger partial charge in [-0.05, 0) is 18.9 Å². The van der Waals surface area contributed by atoms with Gasteiger partial charge in [-0.1, -0.05) is 6.07 Å². The highest BCUT2D eigenvalue weighted by atomic mass is 32.1. The van der Waals surface area contributed by atoms with E-state index in [1.165, 1.54) is 0 Å². The molecule has 0 aliphatic carbocycles. The number of anilines is 1. The van der Waals surface area contributed by atoms with Gasteiger partial charge in [0.1, 0.15) is 0 Å². The first kappa shape index (κ1) is 17.5. The van der Waals surface area contributed by atoms with Crippen LogP contribution in [0.1, 0.15) is 12.8 Å². The van der Waals surface area contributed by atoms with Crippen LogP contribution in [-0.2, 0) is 6.54 Å². The van der Waals surface area contributed by atoms with Gasteiger partial charge >= 0.3 is 0 Å². The van der Waals surface area contributed by atoms with Crippen molar-refractivity contribution in [3.8, 4) is 0 Å². The van der Waals surface area contributed by atoms with Crippen LogP contribution in [0.25, 0.3) is 0 Å². The molecule has 1 saturated heterocycles. The monoisotopic (exact) mass is 360 g/mol. The van der Waals surface area contributed by atoms with E-state index in [9.17, 15) is 4.79 Å². The Kier molecular flexibility index (Phi) is 6.05. The minimum atomic E-state index is 0.0450. The standard InChI is InChI=1S/C17H24N6OS/c18-16(19-6-2-4-9-21-8-3-1-5-15(21)24)22-10-12-23(13-11-22)17-20-7-14-25-17/h1,3,5,7-8,14H,2,4,6,9-13H2,(H2,18,19). The van der Waals surface area contributed by atoms with Crippen molar-refractivity contribution in [3.63, 3.8) is 0 Å². The summed E-state index contributed by atoms with van der Waals surface area (Å²) in [5.74, 6) is 0.621. The summed E-state index contributed by atoms with van der Waals surface area (Å²) in [6.07, 6.45) is 5.49. The summed E-state index contributed by atoms with van der Waals surface area (Å²) in [7, 11) is 0. The van der Waals surface area contributed by atoms with Gasteiger partial charge in [0.25, 0.3) is 0 Å². The van der Waals surface area contributed by atoms with Crippen molar-refractivity contribution in [3.05, 3.63) is 46.3 Å². The van der Waals surface area contributed by atoms with Gasteiger partial charge in [0.05, 0.1) is 0 Å². The largest absolute Gasteiger partial charge is 0.370 e. The molecular formula is C17H24N6OS. The summed E-state index contributed by atoms with van der Waals surface area (Å²) in [5.41, 5.74) is 6.16. The van der Waals surface area contributed by atoms with Crippen molar-refractivity contribution < 1.29 is 0 Å². The van der Waals surface area contributed by atoms with Crippen molar-refractivity contribution in [2.75, 3.05) is 37.6 Å². The van der Waals surface area contributed by atoms with Gasteiger partial charge in [-0.3, -0.25) is 9.79 Å². The lowest BCUT2D eigenvalue weighted by Gasteiger charge is -2.35. The summed E-state index contributed by atoms with van der Waals surface area (Å²) in [5, 5.41) is 3.08. The van der Waals surface area contributed by atoms with Gasteiger partial charge in [0.2, 0.25) is 5.56 Å². The van der Waals surface area contributed by atoms with Crippen LogP contribution in [0.2, 0.25) is 0 Å². The lowest BCUT2D eigenvalue weighted by Crippen LogP contribution is -2.51. The molecule has 0 spiro atoms. The molecule has 0 saturated carbocycles. The molecule has 7 nitrogen and oxygen atoms in total. The lowest BCUT2D eigenvalue weighted by atomic mass is 10.3. The zero-order valence-corrected chi connectivity index (χ0v) is 15.1. The highest BCUT2D eigenvalue weighted by Gasteiger charge is 2.19. The first-order chi connectivity index (χ1) is 12.2. The molecule has 0 bridgehead atoms. The number of aromatic nitrogens is 2. The van der Waals surface area contributed by atoms with Gasteiger partial charge in [-0.15, -0.1) is 11.3 Å². The maximum atomic E-state index is 11.6. The highest BCUT2D eigenvalue weighted by Crippen LogP contribution is 2.18. The topological polar surface area (TPSA) is 79.8 Å². The molecule has 3 heterocycles. The van der Waals surface area contributed by atoms with E-state index in [0.717, 1.165) is 50.7 Å². The summed E-state index contributed by atoms with van der Waals surface area (Å²) in [6.45, 7) is 4.99. The van der Waals surface area contributed by atoms with Crippen LogP contribution in [0, 0.1) is 0 Å². The normalized spacial score (nSPS) is 15.6. The third-order valence-electron chi connectivity index (χ3n) is 4.27. The van der Waals surface area contributed by atoms with Crippen LogP contribution in [-0.4, -0.2) is 53.1 Å². The Morgan fingerprint density at radius 2 is 2.08 bits per heavy atom. The maximum Gasteiger partial charge on any atom is 0.250 e. The molecule has 0 aromatic carbocycles. The van der Waals surface area contributed by atoms with Gasteiger partial charge in [-0.2, -0.15) is 0 Å². The lowest BCUT2D eigenvalue weighted by molar-refractivity contribution is 0.380. The van der Waals surface area contributed by atoms with E-state index < -0.39 is 0 Å².